The Morgan fingerprint density at radius 3 is 2.60 bits per heavy atom. The molecule has 0 N–H and O–H groups in total. The van der Waals surface area contributed by atoms with Gasteiger partial charge < -0.3 is 4.90 Å². The summed E-state index contributed by atoms with van der Waals surface area (Å²) in [6.45, 7) is 2.82. The van der Waals surface area contributed by atoms with Gasteiger partial charge in [-0.1, -0.05) is 47.7 Å². The third-order valence-corrected chi connectivity index (χ3v) is 3.55. The van der Waals surface area contributed by atoms with Crippen molar-refractivity contribution < 1.29 is 0 Å². The minimum absolute atomic E-state index is 0.823. The van der Waals surface area contributed by atoms with Gasteiger partial charge in [-0.2, -0.15) is 0 Å². The molecule has 20 heavy (non-hydrogen) atoms. The van der Waals surface area contributed by atoms with Crippen LogP contribution in [0, 0.1) is 6.67 Å². The number of para-hydroxylation sites is 1. The van der Waals surface area contributed by atoms with E-state index in [1.54, 1.807) is 0 Å². The van der Waals surface area contributed by atoms with Crippen LogP contribution in [0.15, 0.2) is 60.8 Å². The van der Waals surface area contributed by atoms with Gasteiger partial charge in [-0.15, -0.1) is 5.10 Å². The van der Waals surface area contributed by atoms with E-state index in [1.807, 2.05) is 41.8 Å². The van der Waals surface area contributed by atoms with Crippen molar-refractivity contribution in [2.24, 2.45) is 0 Å². The first-order chi connectivity index (χ1) is 9.92. The van der Waals surface area contributed by atoms with Crippen molar-refractivity contribution in [1.29, 1.82) is 0 Å². The topological polar surface area (TPSA) is 34.0 Å². The Kier molecular flexibility index (Phi) is 2.52. The van der Waals surface area contributed by atoms with Crippen LogP contribution in [-0.4, -0.2) is 15.0 Å². The molecule has 1 aliphatic heterocycles. The smallest absolute Gasteiger partial charge is 0.167 e. The van der Waals surface area contributed by atoms with Crippen LogP contribution in [0.3, 0.4) is 0 Å². The molecule has 0 spiro atoms. The van der Waals surface area contributed by atoms with E-state index in [4.69, 9.17) is 0 Å². The van der Waals surface area contributed by atoms with Gasteiger partial charge in [0.2, 0.25) is 0 Å². The van der Waals surface area contributed by atoms with Crippen LogP contribution in [0.1, 0.15) is 5.56 Å². The van der Waals surface area contributed by atoms with E-state index in [0.29, 0.717) is 0 Å². The maximum absolute atomic E-state index is 4.16. The standard InChI is InChI=1S/C16H13N4/c1-2-7-14(8-3-1)19-11-13-6-4-5-9-15(13)16-10-17-18-20(16)12-19/h1-10,12H,11H2. The van der Waals surface area contributed by atoms with Gasteiger partial charge >= 0.3 is 0 Å². The lowest BCUT2D eigenvalue weighted by atomic mass is 10.1. The monoisotopic (exact) mass is 261 g/mol. The van der Waals surface area contributed by atoms with Gasteiger partial charge in [-0.3, -0.25) is 0 Å². The quantitative estimate of drug-likeness (QED) is 0.675. The maximum atomic E-state index is 4.16. The minimum Gasteiger partial charge on any atom is -0.342 e. The van der Waals surface area contributed by atoms with Gasteiger partial charge in [-0.05, 0) is 17.7 Å². The Morgan fingerprint density at radius 2 is 1.70 bits per heavy atom. The van der Waals surface area contributed by atoms with Crippen molar-refractivity contribution in [1.82, 2.24) is 15.0 Å². The highest BCUT2D eigenvalue weighted by molar-refractivity contribution is 5.66. The summed E-state index contributed by atoms with van der Waals surface area (Å²) in [5.41, 5.74) is 4.63. The average Bonchev–Trinajstić information content (AvgIpc) is 2.90. The van der Waals surface area contributed by atoms with Crippen LogP contribution < -0.4 is 4.90 Å². The molecule has 4 rings (SSSR count). The van der Waals surface area contributed by atoms with Crippen LogP contribution in [0.5, 0.6) is 0 Å². The van der Waals surface area contributed by atoms with Gasteiger partial charge in [-0.25, -0.2) is 4.68 Å². The zero-order chi connectivity index (χ0) is 13.4. The molecule has 0 atom stereocenters. The molecule has 0 aliphatic carbocycles. The Bertz CT molecular complexity index is 733. The summed E-state index contributed by atoms with van der Waals surface area (Å²) < 4.78 is 1.83. The fourth-order valence-electron chi connectivity index (χ4n) is 2.56. The molecule has 4 heteroatoms. The highest BCUT2D eigenvalue weighted by atomic mass is 15.5. The first-order valence-corrected chi connectivity index (χ1v) is 6.57. The molecule has 0 fully saturated rings. The van der Waals surface area contributed by atoms with Crippen LogP contribution in [-0.2, 0) is 6.54 Å². The lowest BCUT2D eigenvalue weighted by molar-refractivity contribution is 0.707. The number of nitrogens with zero attached hydrogens (tertiary/aromatic N) is 4. The zero-order valence-electron chi connectivity index (χ0n) is 10.8. The van der Waals surface area contributed by atoms with E-state index in [2.05, 4.69) is 45.5 Å². The Morgan fingerprint density at radius 1 is 0.900 bits per heavy atom. The molecule has 0 amide bonds. The molecule has 97 valence electrons. The molecule has 2 aromatic carbocycles. The Balaban J connectivity index is 1.85. The highest BCUT2D eigenvalue weighted by Crippen LogP contribution is 2.30. The van der Waals surface area contributed by atoms with Gasteiger partial charge in [0.15, 0.2) is 6.67 Å². The highest BCUT2D eigenvalue weighted by Gasteiger charge is 2.20. The van der Waals surface area contributed by atoms with Crippen molar-refractivity contribution in [3.8, 4) is 11.3 Å². The molecule has 3 aromatic rings. The summed E-state index contributed by atoms with van der Waals surface area (Å²) in [5, 5.41) is 8.19. The molecular weight excluding hydrogens is 248 g/mol. The summed E-state index contributed by atoms with van der Waals surface area (Å²) in [6, 6.07) is 18.7. The van der Waals surface area contributed by atoms with Crippen LogP contribution in [0.25, 0.3) is 11.3 Å². The number of hydrogen-bond donors (Lipinski definition) is 0. The van der Waals surface area contributed by atoms with E-state index >= 15 is 0 Å². The number of rotatable bonds is 1. The second kappa shape index (κ2) is 4.49. The Labute approximate surface area is 117 Å². The molecular formula is C16H13N4. The van der Waals surface area contributed by atoms with Crippen molar-refractivity contribution >= 4 is 5.69 Å². The zero-order valence-corrected chi connectivity index (χ0v) is 10.8. The predicted molar refractivity (Wildman–Crippen MR) is 77.8 cm³/mol. The number of fused-ring (bicyclic) bond motifs is 3. The minimum atomic E-state index is 0.823. The second-order valence-corrected chi connectivity index (χ2v) is 4.80. The summed E-state index contributed by atoms with van der Waals surface area (Å²) in [6.07, 6.45) is 1.81. The third kappa shape index (κ3) is 1.77. The van der Waals surface area contributed by atoms with E-state index in [-0.39, 0.29) is 0 Å². The summed E-state index contributed by atoms with van der Waals surface area (Å²) >= 11 is 0. The maximum Gasteiger partial charge on any atom is 0.167 e. The SMILES string of the molecule is [CH]1N(c2ccccc2)Cc2ccccc2-c2cnnn21. The van der Waals surface area contributed by atoms with E-state index in [1.165, 1.54) is 11.1 Å². The fourth-order valence-corrected chi connectivity index (χ4v) is 2.56. The summed E-state index contributed by atoms with van der Waals surface area (Å²) in [4.78, 5) is 2.18. The largest absolute Gasteiger partial charge is 0.342 e. The molecule has 0 unspecified atom stereocenters. The molecule has 1 aliphatic rings. The molecule has 1 radical (unpaired) electrons. The molecule has 2 heterocycles. The predicted octanol–water partition coefficient (Wildman–Crippen LogP) is 2.93. The Hall–Kier alpha value is -2.62. The number of aromatic nitrogens is 3. The molecule has 0 saturated heterocycles. The first-order valence-electron chi connectivity index (χ1n) is 6.57. The van der Waals surface area contributed by atoms with Crippen molar-refractivity contribution in [3.05, 3.63) is 73.0 Å². The number of benzene rings is 2. The second-order valence-electron chi connectivity index (χ2n) is 4.80. The van der Waals surface area contributed by atoms with Gasteiger partial charge in [0, 0.05) is 17.8 Å². The summed E-state index contributed by atoms with van der Waals surface area (Å²) in [5.74, 6) is 0. The van der Waals surface area contributed by atoms with E-state index in [9.17, 15) is 0 Å². The normalized spacial score (nSPS) is 13.5. The van der Waals surface area contributed by atoms with Crippen LogP contribution in [0.4, 0.5) is 5.69 Å². The molecule has 0 bridgehead atoms. The average molecular weight is 261 g/mol. The van der Waals surface area contributed by atoms with E-state index < -0.39 is 0 Å². The van der Waals surface area contributed by atoms with Gasteiger partial charge in [0.1, 0.15) is 0 Å². The van der Waals surface area contributed by atoms with E-state index in [0.717, 1.165) is 17.9 Å². The lowest BCUT2D eigenvalue weighted by Gasteiger charge is -2.22. The van der Waals surface area contributed by atoms with Crippen LogP contribution >= 0.6 is 0 Å². The molecule has 0 saturated carbocycles. The third-order valence-electron chi connectivity index (χ3n) is 3.55. The fraction of sp³-hybridized carbons (Fsp3) is 0.0625. The van der Waals surface area contributed by atoms with Crippen molar-refractivity contribution in [2.75, 3.05) is 4.90 Å². The number of hydrogen-bond acceptors (Lipinski definition) is 3. The van der Waals surface area contributed by atoms with Crippen molar-refractivity contribution in [2.45, 2.75) is 6.54 Å². The van der Waals surface area contributed by atoms with Crippen molar-refractivity contribution in [3.63, 3.8) is 0 Å². The number of anilines is 1. The lowest BCUT2D eigenvalue weighted by Crippen LogP contribution is -2.22. The molecule has 4 nitrogen and oxygen atoms in total. The van der Waals surface area contributed by atoms with Gasteiger partial charge in [0.25, 0.3) is 0 Å². The molecule has 1 aromatic heterocycles. The summed E-state index contributed by atoms with van der Waals surface area (Å²) in [7, 11) is 0. The van der Waals surface area contributed by atoms with Gasteiger partial charge in [0.05, 0.1) is 11.9 Å². The van der Waals surface area contributed by atoms with Crippen LogP contribution in [0.2, 0.25) is 0 Å². The first kappa shape index (κ1) is 11.2.